The first-order chi connectivity index (χ1) is 9.10. The van der Waals surface area contributed by atoms with E-state index in [0.29, 0.717) is 6.04 Å². The molecular formula is C17H23NS. The Labute approximate surface area is 120 Å². The largest absolute Gasteiger partial charge is 0.309 e. The second-order valence-corrected chi connectivity index (χ2v) is 6.48. The Morgan fingerprint density at radius 2 is 1.95 bits per heavy atom. The van der Waals surface area contributed by atoms with E-state index in [-0.39, 0.29) is 0 Å². The Hall–Kier alpha value is -1.12. The van der Waals surface area contributed by atoms with Crippen LogP contribution in [0.3, 0.4) is 0 Å². The van der Waals surface area contributed by atoms with E-state index < -0.39 is 0 Å². The summed E-state index contributed by atoms with van der Waals surface area (Å²) in [5, 5.41) is 3.62. The third-order valence-corrected chi connectivity index (χ3v) is 4.77. The summed E-state index contributed by atoms with van der Waals surface area (Å²) in [4.78, 5) is 2.89. The van der Waals surface area contributed by atoms with E-state index in [2.05, 4.69) is 63.3 Å². The van der Waals surface area contributed by atoms with Crippen LogP contribution in [-0.2, 0) is 6.42 Å². The van der Waals surface area contributed by atoms with Crippen LogP contribution in [0.2, 0.25) is 0 Å². The van der Waals surface area contributed by atoms with E-state index >= 15 is 0 Å². The average molecular weight is 273 g/mol. The van der Waals surface area contributed by atoms with Crippen molar-refractivity contribution >= 4 is 11.3 Å². The van der Waals surface area contributed by atoms with Crippen LogP contribution < -0.4 is 5.32 Å². The maximum absolute atomic E-state index is 3.62. The lowest BCUT2D eigenvalue weighted by Gasteiger charge is -2.17. The first-order valence-corrected chi connectivity index (χ1v) is 7.77. The number of hydrogen-bond donors (Lipinski definition) is 1. The van der Waals surface area contributed by atoms with Crippen molar-refractivity contribution in [3.63, 3.8) is 0 Å². The van der Waals surface area contributed by atoms with Crippen molar-refractivity contribution in [2.24, 2.45) is 0 Å². The molecule has 1 atom stereocenters. The van der Waals surface area contributed by atoms with Crippen LogP contribution in [0, 0.1) is 20.8 Å². The molecule has 19 heavy (non-hydrogen) atoms. The Morgan fingerprint density at radius 1 is 1.16 bits per heavy atom. The van der Waals surface area contributed by atoms with Gasteiger partial charge in [0, 0.05) is 15.8 Å². The molecule has 0 spiro atoms. The molecule has 1 aromatic carbocycles. The summed E-state index contributed by atoms with van der Waals surface area (Å²) in [5.74, 6) is 0. The number of aryl methyl sites for hydroxylation is 3. The lowest BCUT2D eigenvalue weighted by atomic mass is 10.0. The van der Waals surface area contributed by atoms with Crippen LogP contribution in [0.15, 0.2) is 30.3 Å². The van der Waals surface area contributed by atoms with E-state index in [9.17, 15) is 0 Å². The molecule has 1 aromatic heterocycles. The Morgan fingerprint density at radius 3 is 2.53 bits per heavy atom. The molecule has 102 valence electrons. The van der Waals surface area contributed by atoms with Gasteiger partial charge >= 0.3 is 0 Å². The van der Waals surface area contributed by atoms with Crippen LogP contribution in [0.25, 0.3) is 0 Å². The van der Waals surface area contributed by atoms with Crippen LogP contribution in [0.5, 0.6) is 0 Å². The molecule has 1 N–H and O–H groups in total. The van der Waals surface area contributed by atoms with Crippen LogP contribution in [-0.4, -0.2) is 6.54 Å². The number of thiophene rings is 1. The van der Waals surface area contributed by atoms with E-state index in [1.165, 1.54) is 26.4 Å². The van der Waals surface area contributed by atoms with Gasteiger partial charge in [-0.3, -0.25) is 0 Å². The minimum absolute atomic E-state index is 0.434. The van der Waals surface area contributed by atoms with Crippen molar-refractivity contribution in [2.75, 3.05) is 6.54 Å². The molecular weight excluding hydrogens is 250 g/mol. The monoisotopic (exact) mass is 273 g/mol. The maximum atomic E-state index is 3.62. The topological polar surface area (TPSA) is 12.0 Å². The summed E-state index contributed by atoms with van der Waals surface area (Å²) in [6.45, 7) is 9.75. The van der Waals surface area contributed by atoms with E-state index in [0.717, 1.165) is 13.0 Å². The third kappa shape index (κ3) is 3.68. The van der Waals surface area contributed by atoms with Crippen molar-refractivity contribution < 1.29 is 0 Å². The highest BCUT2D eigenvalue weighted by atomic mass is 32.1. The third-order valence-electron chi connectivity index (χ3n) is 3.50. The second-order valence-electron chi connectivity index (χ2n) is 5.19. The minimum atomic E-state index is 0.434. The van der Waals surface area contributed by atoms with Crippen molar-refractivity contribution in [2.45, 2.75) is 40.2 Å². The van der Waals surface area contributed by atoms with Gasteiger partial charge in [0.25, 0.3) is 0 Å². The highest BCUT2D eigenvalue weighted by Gasteiger charge is 2.14. The standard InChI is InChI=1S/C17H23NS/c1-5-18-16(17-10-13(3)14(4)19-17)11-15-8-6-7-12(2)9-15/h6-10,16,18H,5,11H2,1-4H3. The molecule has 1 nitrogen and oxygen atoms in total. The molecule has 2 heteroatoms. The molecule has 0 saturated carbocycles. The van der Waals surface area contributed by atoms with Gasteiger partial charge in [-0.1, -0.05) is 36.8 Å². The first kappa shape index (κ1) is 14.3. The molecule has 0 aliphatic heterocycles. The van der Waals surface area contributed by atoms with Crippen molar-refractivity contribution in [3.8, 4) is 0 Å². The quantitative estimate of drug-likeness (QED) is 0.841. The summed E-state index contributed by atoms with van der Waals surface area (Å²) in [6.07, 6.45) is 1.06. The van der Waals surface area contributed by atoms with Gasteiger partial charge in [-0.25, -0.2) is 0 Å². The maximum Gasteiger partial charge on any atom is 0.0455 e. The molecule has 0 aliphatic rings. The first-order valence-electron chi connectivity index (χ1n) is 6.96. The molecule has 0 aliphatic carbocycles. The summed E-state index contributed by atoms with van der Waals surface area (Å²) in [5.41, 5.74) is 4.16. The Balaban J connectivity index is 2.20. The zero-order chi connectivity index (χ0) is 13.8. The van der Waals surface area contributed by atoms with Crippen LogP contribution >= 0.6 is 11.3 Å². The molecule has 0 amide bonds. The SMILES string of the molecule is CCNC(Cc1cccc(C)c1)c1cc(C)c(C)s1. The molecule has 0 saturated heterocycles. The van der Waals surface area contributed by atoms with Gasteiger partial charge in [-0.15, -0.1) is 11.3 Å². The minimum Gasteiger partial charge on any atom is -0.309 e. The van der Waals surface area contributed by atoms with Gasteiger partial charge < -0.3 is 5.32 Å². The molecule has 1 unspecified atom stereocenters. The van der Waals surface area contributed by atoms with Crippen LogP contribution in [0.1, 0.15) is 39.4 Å². The number of hydrogen-bond acceptors (Lipinski definition) is 2. The zero-order valence-electron chi connectivity index (χ0n) is 12.3. The molecule has 0 fully saturated rings. The number of nitrogens with one attached hydrogen (secondary N) is 1. The van der Waals surface area contributed by atoms with Gasteiger partial charge in [0.2, 0.25) is 0 Å². The summed E-state index contributed by atoms with van der Waals surface area (Å²) < 4.78 is 0. The average Bonchev–Trinajstić information content (AvgIpc) is 2.69. The fourth-order valence-electron chi connectivity index (χ4n) is 2.37. The van der Waals surface area contributed by atoms with Gasteiger partial charge in [0.1, 0.15) is 0 Å². The number of rotatable bonds is 5. The molecule has 1 heterocycles. The summed E-state index contributed by atoms with van der Waals surface area (Å²) in [7, 11) is 0. The normalized spacial score (nSPS) is 12.6. The lowest BCUT2D eigenvalue weighted by Crippen LogP contribution is -2.22. The summed E-state index contributed by atoms with van der Waals surface area (Å²) in [6, 6.07) is 11.6. The lowest BCUT2D eigenvalue weighted by molar-refractivity contribution is 0.558. The predicted molar refractivity (Wildman–Crippen MR) is 85.1 cm³/mol. The van der Waals surface area contributed by atoms with Gasteiger partial charge in [0.15, 0.2) is 0 Å². The fourth-order valence-corrected chi connectivity index (χ4v) is 3.49. The molecule has 2 rings (SSSR count). The van der Waals surface area contributed by atoms with E-state index in [1.54, 1.807) is 0 Å². The summed E-state index contributed by atoms with van der Waals surface area (Å²) >= 11 is 1.92. The number of benzene rings is 1. The van der Waals surface area contributed by atoms with Gasteiger partial charge in [0.05, 0.1) is 0 Å². The van der Waals surface area contributed by atoms with Gasteiger partial charge in [-0.05, 0) is 50.9 Å². The van der Waals surface area contributed by atoms with E-state index in [4.69, 9.17) is 0 Å². The van der Waals surface area contributed by atoms with Gasteiger partial charge in [-0.2, -0.15) is 0 Å². The molecule has 0 bridgehead atoms. The smallest absolute Gasteiger partial charge is 0.0455 e. The fraction of sp³-hybridized carbons (Fsp3) is 0.412. The van der Waals surface area contributed by atoms with Crippen molar-refractivity contribution in [3.05, 3.63) is 56.8 Å². The zero-order valence-corrected chi connectivity index (χ0v) is 13.1. The predicted octanol–water partition coefficient (Wildman–Crippen LogP) is 4.57. The highest BCUT2D eigenvalue weighted by molar-refractivity contribution is 7.12. The Bertz CT molecular complexity index is 522. The molecule has 0 radical (unpaired) electrons. The number of likely N-dealkylation sites (N-methyl/N-ethyl adjacent to an activating group) is 1. The Kier molecular flexibility index (Phi) is 4.78. The van der Waals surface area contributed by atoms with Crippen molar-refractivity contribution in [1.82, 2.24) is 5.32 Å². The molecule has 2 aromatic rings. The highest BCUT2D eigenvalue weighted by Crippen LogP contribution is 2.28. The van der Waals surface area contributed by atoms with Crippen LogP contribution in [0.4, 0.5) is 0 Å². The van der Waals surface area contributed by atoms with E-state index in [1.807, 2.05) is 11.3 Å². The van der Waals surface area contributed by atoms with Crippen molar-refractivity contribution in [1.29, 1.82) is 0 Å². The second kappa shape index (κ2) is 6.36.